The molecular weight excluding hydrogens is 491 g/mol. The van der Waals surface area contributed by atoms with Crippen molar-refractivity contribution in [3.8, 4) is 0 Å². The first-order valence-electron chi connectivity index (χ1n) is 13.4. The van der Waals surface area contributed by atoms with Gasteiger partial charge in [0.05, 0.1) is 30.8 Å². The summed E-state index contributed by atoms with van der Waals surface area (Å²) in [5, 5.41) is 3.66. The number of aromatic nitrogens is 1. The Morgan fingerprint density at radius 2 is 1.95 bits per heavy atom. The van der Waals surface area contributed by atoms with Crippen LogP contribution in [0.5, 0.6) is 0 Å². The second-order valence-electron chi connectivity index (χ2n) is 9.76. The van der Waals surface area contributed by atoms with Crippen molar-refractivity contribution < 1.29 is 4.74 Å². The molecule has 4 rings (SSSR count). The number of nitrogens with one attached hydrogen (secondary N) is 1. The molecule has 0 amide bonds. The average molecular weight is 533 g/mol. The first kappa shape index (κ1) is 28.2. The van der Waals surface area contributed by atoms with Crippen LogP contribution in [0.2, 0.25) is 0 Å². The van der Waals surface area contributed by atoms with Crippen LogP contribution in [-0.2, 0) is 4.74 Å². The number of morpholine rings is 1. The van der Waals surface area contributed by atoms with Gasteiger partial charge in [0.15, 0.2) is 0 Å². The molecule has 3 heterocycles. The monoisotopic (exact) mass is 532 g/mol. The first-order valence-corrected chi connectivity index (χ1v) is 14.8. The van der Waals surface area contributed by atoms with Gasteiger partial charge in [-0.1, -0.05) is 32.5 Å². The molecule has 0 aliphatic carbocycles. The van der Waals surface area contributed by atoms with E-state index in [0.717, 1.165) is 75.1 Å². The van der Waals surface area contributed by atoms with E-state index < -0.39 is 0 Å². The van der Waals surface area contributed by atoms with Gasteiger partial charge in [0.1, 0.15) is 5.84 Å². The Kier molecular flexibility index (Phi) is 10.2. The molecule has 1 aromatic heterocycles. The molecule has 0 atom stereocenters. The van der Waals surface area contributed by atoms with Crippen molar-refractivity contribution in [3.05, 3.63) is 77.3 Å². The summed E-state index contributed by atoms with van der Waals surface area (Å²) in [6.07, 6.45) is 6.91. The minimum atomic E-state index is 0.746. The van der Waals surface area contributed by atoms with Crippen molar-refractivity contribution in [2.45, 2.75) is 20.3 Å². The van der Waals surface area contributed by atoms with Crippen LogP contribution in [0.25, 0.3) is 5.70 Å². The maximum absolute atomic E-state index is 5.59. The fraction of sp³-hybridized carbons (Fsp3) is 0.433. The zero-order valence-electron chi connectivity index (χ0n) is 23.4. The molecule has 2 saturated heterocycles. The Morgan fingerprint density at radius 1 is 1.16 bits per heavy atom. The highest BCUT2D eigenvalue weighted by Gasteiger charge is 2.27. The second kappa shape index (κ2) is 13.8. The molecule has 38 heavy (non-hydrogen) atoms. The molecule has 2 fully saturated rings. The van der Waals surface area contributed by atoms with Crippen LogP contribution in [0.15, 0.2) is 71.1 Å². The molecule has 1 N–H and O–H groups in total. The minimum Gasteiger partial charge on any atom is -0.378 e. The normalized spacial score (nSPS) is 19.6. The van der Waals surface area contributed by atoms with E-state index in [1.165, 1.54) is 30.5 Å². The van der Waals surface area contributed by atoms with E-state index in [1.807, 2.05) is 18.5 Å². The van der Waals surface area contributed by atoms with Crippen LogP contribution in [0.1, 0.15) is 31.4 Å². The number of aliphatic imine (C=N–C) groups is 1. The summed E-state index contributed by atoms with van der Waals surface area (Å²) >= 11 is 0. The predicted molar refractivity (Wildman–Crippen MR) is 162 cm³/mol. The number of benzene rings is 1. The molecule has 7 nitrogen and oxygen atoms in total. The molecular formula is C30H41N6OP. The van der Waals surface area contributed by atoms with E-state index in [9.17, 15) is 0 Å². The lowest BCUT2D eigenvalue weighted by molar-refractivity contribution is 0.0678. The lowest BCUT2D eigenvalue weighted by Crippen LogP contribution is -2.39. The van der Waals surface area contributed by atoms with Crippen LogP contribution < -0.4 is 10.2 Å². The topological polar surface area (TPSA) is 56.2 Å². The van der Waals surface area contributed by atoms with Gasteiger partial charge in [0.2, 0.25) is 0 Å². The highest BCUT2D eigenvalue weighted by Crippen LogP contribution is 2.38. The van der Waals surface area contributed by atoms with E-state index in [1.54, 1.807) is 0 Å². The lowest BCUT2D eigenvalue weighted by Gasteiger charge is -2.28. The van der Waals surface area contributed by atoms with Crippen molar-refractivity contribution in [1.29, 1.82) is 0 Å². The molecule has 0 saturated carbocycles. The largest absolute Gasteiger partial charge is 0.378 e. The fourth-order valence-electron chi connectivity index (χ4n) is 4.93. The van der Waals surface area contributed by atoms with Crippen molar-refractivity contribution in [3.63, 3.8) is 0 Å². The van der Waals surface area contributed by atoms with Gasteiger partial charge in [0.25, 0.3) is 0 Å². The summed E-state index contributed by atoms with van der Waals surface area (Å²) in [5.74, 6) is 1.04. The maximum atomic E-state index is 5.59. The molecule has 2 aromatic rings. The SMILES string of the molecule is C\C=C1/C(=C(\N=C(/C)N2CCOCC2)c2cccc(/C(NCCN(C)C)=P\C)c2)CCN1c1cccnc1. The first-order chi connectivity index (χ1) is 18.5. The minimum absolute atomic E-state index is 0.746. The number of ether oxygens (including phenoxy) is 1. The second-order valence-corrected chi connectivity index (χ2v) is 10.6. The van der Waals surface area contributed by atoms with Gasteiger partial charge >= 0.3 is 0 Å². The van der Waals surface area contributed by atoms with Crippen LogP contribution >= 0.6 is 8.20 Å². The maximum Gasteiger partial charge on any atom is 0.102 e. The molecule has 0 bridgehead atoms. The van der Waals surface area contributed by atoms with E-state index in [4.69, 9.17) is 9.73 Å². The summed E-state index contributed by atoms with van der Waals surface area (Å²) < 4.78 is 5.59. The van der Waals surface area contributed by atoms with Gasteiger partial charge in [-0.25, -0.2) is 4.99 Å². The summed E-state index contributed by atoms with van der Waals surface area (Å²) in [7, 11) is 5.43. The van der Waals surface area contributed by atoms with Crippen molar-refractivity contribution >= 4 is 30.8 Å². The average Bonchev–Trinajstić information content (AvgIpc) is 3.38. The lowest BCUT2D eigenvalue weighted by atomic mass is 10.0. The van der Waals surface area contributed by atoms with Gasteiger partial charge in [-0.2, -0.15) is 0 Å². The molecule has 0 spiro atoms. The highest BCUT2D eigenvalue weighted by molar-refractivity contribution is 7.40. The van der Waals surface area contributed by atoms with E-state index in [-0.39, 0.29) is 0 Å². The molecule has 0 radical (unpaired) electrons. The van der Waals surface area contributed by atoms with Gasteiger partial charge in [-0.05, 0) is 64.8 Å². The van der Waals surface area contributed by atoms with Gasteiger partial charge in [-0.15, -0.1) is 0 Å². The van der Waals surface area contributed by atoms with Crippen LogP contribution in [0.3, 0.4) is 0 Å². The van der Waals surface area contributed by atoms with Crippen molar-refractivity contribution in [2.24, 2.45) is 4.99 Å². The fourth-order valence-corrected chi connectivity index (χ4v) is 5.60. The van der Waals surface area contributed by atoms with Crippen molar-refractivity contribution in [1.82, 2.24) is 20.1 Å². The number of nitrogens with zero attached hydrogens (tertiary/aromatic N) is 5. The highest BCUT2D eigenvalue weighted by atomic mass is 31.1. The number of amidine groups is 1. The summed E-state index contributed by atoms with van der Waals surface area (Å²) in [4.78, 5) is 16.6. The Labute approximate surface area is 229 Å². The van der Waals surface area contributed by atoms with Crippen molar-refractivity contribution in [2.75, 3.05) is 71.6 Å². The Hall–Kier alpha value is -2.83. The van der Waals surface area contributed by atoms with Gasteiger partial charge in [0, 0.05) is 61.2 Å². The third-order valence-electron chi connectivity index (χ3n) is 6.93. The standard InChI is InChI=1S/C30H41N6OP/c1-6-28-27(12-15-36(28)26-11-8-13-31-22-26)29(33-23(2)35-17-19-37-20-18-35)24-9-7-10-25(21-24)30(38-5)32-14-16-34(3)4/h6-11,13,21-22,32H,12,14-20H2,1-5H3/b28-6+,29-27-,33-23+. The molecule has 202 valence electrons. The number of hydrogen-bond acceptors (Lipinski definition) is 5. The number of likely N-dealkylation sites (N-methyl/N-ethyl adjacent to an activating group) is 1. The molecule has 2 aliphatic heterocycles. The van der Waals surface area contributed by atoms with E-state index in [2.05, 4.69) is 96.0 Å². The zero-order valence-corrected chi connectivity index (χ0v) is 24.3. The zero-order chi connectivity index (χ0) is 26.9. The summed E-state index contributed by atoms with van der Waals surface area (Å²) in [5.41, 5.74) is 8.25. The van der Waals surface area contributed by atoms with Gasteiger partial charge in [-0.3, -0.25) is 10.3 Å². The van der Waals surface area contributed by atoms with Crippen LogP contribution in [-0.4, -0.2) is 92.7 Å². The quantitative estimate of drug-likeness (QED) is 0.306. The summed E-state index contributed by atoms with van der Waals surface area (Å²) in [6, 6.07) is 13.0. The smallest absolute Gasteiger partial charge is 0.102 e. The van der Waals surface area contributed by atoms with Crippen LogP contribution in [0, 0.1) is 0 Å². The van der Waals surface area contributed by atoms with Crippen LogP contribution in [0.4, 0.5) is 5.69 Å². The van der Waals surface area contributed by atoms with E-state index in [0.29, 0.717) is 0 Å². The molecule has 0 unspecified atom stereocenters. The number of rotatable bonds is 8. The number of allylic oxidation sites excluding steroid dienone is 2. The number of hydrogen-bond donors (Lipinski definition) is 1. The molecule has 8 heteroatoms. The molecule has 2 aliphatic rings. The Bertz CT molecular complexity index is 1200. The number of pyridine rings is 1. The third kappa shape index (κ3) is 6.97. The van der Waals surface area contributed by atoms with E-state index >= 15 is 0 Å². The van der Waals surface area contributed by atoms with Gasteiger partial charge < -0.3 is 19.4 Å². The predicted octanol–water partition coefficient (Wildman–Crippen LogP) is 4.56. The Balaban J connectivity index is 1.76. The summed E-state index contributed by atoms with van der Waals surface area (Å²) in [6.45, 7) is 12.5. The Morgan fingerprint density at radius 3 is 2.63 bits per heavy atom. The third-order valence-corrected chi connectivity index (χ3v) is 7.79. The molecule has 1 aromatic carbocycles. The number of anilines is 1.